The minimum atomic E-state index is 0.0617. The zero-order chi connectivity index (χ0) is 13.5. The topological polar surface area (TPSA) is 41.1 Å². The third-order valence-corrected chi connectivity index (χ3v) is 3.69. The number of rotatable bonds is 4. The molecule has 104 valence electrons. The second-order valence-electron chi connectivity index (χ2n) is 5.32. The van der Waals surface area contributed by atoms with Crippen molar-refractivity contribution >= 4 is 17.3 Å². The van der Waals surface area contributed by atoms with Crippen LogP contribution in [0.1, 0.15) is 51.9 Å². The number of nitrogens with one attached hydrogen (secondary N) is 2. The van der Waals surface area contributed by atoms with Gasteiger partial charge in [0.25, 0.3) is 0 Å². The summed E-state index contributed by atoms with van der Waals surface area (Å²) in [6.45, 7) is 1.86. The maximum atomic E-state index is 11.4. The van der Waals surface area contributed by atoms with Crippen molar-refractivity contribution in [3.05, 3.63) is 24.3 Å². The van der Waals surface area contributed by atoms with Gasteiger partial charge in [-0.05, 0) is 31.0 Å². The standard InChI is InChI=1S/C16H24N2O/c1-2-16(19)18-15-11-7-10-14(12-15)17-13-8-5-3-4-6-9-13/h7,10-13,17H,2-6,8-9H2,1H3,(H,18,19). The molecule has 0 aromatic heterocycles. The Kier molecular flexibility index (Phi) is 5.25. The molecular formula is C16H24N2O. The highest BCUT2D eigenvalue weighted by atomic mass is 16.1. The first kappa shape index (κ1) is 13.9. The fourth-order valence-electron chi connectivity index (χ4n) is 2.60. The first-order valence-corrected chi connectivity index (χ1v) is 7.44. The summed E-state index contributed by atoms with van der Waals surface area (Å²) in [5, 5.41) is 6.50. The van der Waals surface area contributed by atoms with Gasteiger partial charge in [0.2, 0.25) is 5.91 Å². The summed E-state index contributed by atoms with van der Waals surface area (Å²) in [5.74, 6) is 0.0617. The van der Waals surface area contributed by atoms with Crippen LogP contribution in [0.3, 0.4) is 0 Å². The lowest BCUT2D eigenvalue weighted by molar-refractivity contribution is -0.115. The van der Waals surface area contributed by atoms with Crippen LogP contribution < -0.4 is 10.6 Å². The van der Waals surface area contributed by atoms with E-state index in [0.717, 1.165) is 11.4 Å². The third-order valence-electron chi connectivity index (χ3n) is 3.69. The van der Waals surface area contributed by atoms with Crippen LogP contribution in [0.15, 0.2) is 24.3 Å². The second kappa shape index (κ2) is 7.17. The Labute approximate surface area is 115 Å². The quantitative estimate of drug-likeness (QED) is 0.798. The smallest absolute Gasteiger partial charge is 0.224 e. The molecule has 0 saturated heterocycles. The zero-order valence-corrected chi connectivity index (χ0v) is 11.7. The van der Waals surface area contributed by atoms with Crippen LogP contribution in [0, 0.1) is 0 Å². The van der Waals surface area contributed by atoms with Gasteiger partial charge in [0, 0.05) is 23.8 Å². The van der Waals surface area contributed by atoms with Gasteiger partial charge in [0.1, 0.15) is 0 Å². The van der Waals surface area contributed by atoms with Crippen molar-refractivity contribution in [2.45, 2.75) is 57.9 Å². The van der Waals surface area contributed by atoms with E-state index in [-0.39, 0.29) is 5.91 Å². The first-order valence-electron chi connectivity index (χ1n) is 7.44. The molecule has 2 rings (SSSR count). The molecule has 3 heteroatoms. The molecule has 0 heterocycles. The number of carbonyl (C=O) groups excluding carboxylic acids is 1. The van der Waals surface area contributed by atoms with E-state index >= 15 is 0 Å². The van der Waals surface area contributed by atoms with Crippen molar-refractivity contribution in [3.63, 3.8) is 0 Å². The van der Waals surface area contributed by atoms with Crippen LogP contribution in [0.4, 0.5) is 11.4 Å². The molecule has 1 aromatic carbocycles. The summed E-state index contributed by atoms with van der Waals surface area (Å²) in [7, 11) is 0. The van der Waals surface area contributed by atoms with Crippen LogP contribution in [0.2, 0.25) is 0 Å². The van der Waals surface area contributed by atoms with Crippen LogP contribution in [0.25, 0.3) is 0 Å². The molecular weight excluding hydrogens is 236 g/mol. The number of amides is 1. The summed E-state index contributed by atoms with van der Waals surface area (Å²) < 4.78 is 0. The molecule has 1 aliphatic carbocycles. The summed E-state index contributed by atoms with van der Waals surface area (Å²) in [5.41, 5.74) is 1.99. The molecule has 1 saturated carbocycles. The van der Waals surface area contributed by atoms with Gasteiger partial charge >= 0.3 is 0 Å². The largest absolute Gasteiger partial charge is 0.382 e. The molecule has 19 heavy (non-hydrogen) atoms. The molecule has 0 unspecified atom stereocenters. The van der Waals surface area contributed by atoms with Crippen molar-refractivity contribution in [2.75, 3.05) is 10.6 Å². The summed E-state index contributed by atoms with van der Waals surface area (Å²) >= 11 is 0. The Morgan fingerprint density at radius 3 is 2.53 bits per heavy atom. The van der Waals surface area contributed by atoms with Crippen molar-refractivity contribution < 1.29 is 4.79 Å². The molecule has 2 N–H and O–H groups in total. The normalized spacial score (nSPS) is 16.7. The molecule has 0 spiro atoms. The van der Waals surface area contributed by atoms with E-state index in [4.69, 9.17) is 0 Å². The maximum Gasteiger partial charge on any atom is 0.224 e. The minimum absolute atomic E-state index is 0.0617. The SMILES string of the molecule is CCC(=O)Nc1cccc(NC2CCCCCC2)c1. The van der Waals surface area contributed by atoms with Crippen molar-refractivity contribution in [3.8, 4) is 0 Å². The zero-order valence-electron chi connectivity index (χ0n) is 11.7. The molecule has 1 aromatic rings. The van der Waals surface area contributed by atoms with Gasteiger partial charge in [0.15, 0.2) is 0 Å². The minimum Gasteiger partial charge on any atom is -0.382 e. The highest BCUT2D eigenvalue weighted by Gasteiger charge is 2.11. The molecule has 0 radical (unpaired) electrons. The van der Waals surface area contributed by atoms with E-state index in [1.54, 1.807) is 0 Å². The van der Waals surface area contributed by atoms with E-state index in [0.29, 0.717) is 12.5 Å². The first-order chi connectivity index (χ1) is 9.28. The molecule has 3 nitrogen and oxygen atoms in total. The molecule has 1 fully saturated rings. The van der Waals surface area contributed by atoms with Gasteiger partial charge in [-0.15, -0.1) is 0 Å². The van der Waals surface area contributed by atoms with E-state index in [1.807, 2.05) is 25.1 Å². The van der Waals surface area contributed by atoms with E-state index in [2.05, 4.69) is 16.7 Å². The predicted molar refractivity (Wildman–Crippen MR) is 80.5 cm³/mol. The van der Waals surface area contributed by atoms with Crippen LogP contribution in [-0.4, -0.2) is 11.9 Å². The molecule has 0 bridgehead atoms. The lowest BCUT2D eigenvalue weighted by Gasteiger charge is -2.18. The average molecular weight is 260 g/mol. The fraction of sp³-hybridized carbons (Fsp3) is 0.562. The van der Waals surface area contributed by atoms with Gasteiger partial charge in [-0.2, -0.15) is 0 Å². The molecule has 1 amide bonds. The Hall–Kier alpha value is -1.51. The van der Waals surface area contributed by atoms with Crippen molar-refractivity contribution in [1.82, 2.24) is 0 Å². The number of carbonyl (C=O) groups is 1. The third kappa shape index (κ3) is 4.58. The number of anilines is 2. The van der Waals surface area contributed by atoms with Crippen molar-refractivity contribution in [2.24, 2.45) is 0 Å². The Bertz CT molecular complexity index is 409. The second-order valence-corrected chi connectivity index (χ2v) is 5.32. The predicted octanol–water partition coefficient (Wildman–Crippen LogP) is 4.17. The number of hydrogen-bond acceptors (Lipinski definition) is 2. The highest BCUT2D eigenvalue weighted by Crippen LogP contribution is 2.22. The van der Waals surface area contributed by atoms with Gasteiger partial charge in [0.05, 0.1) is 0 Å². The van der Waals surface area contributed by atoms with Gasteiger partial charge in [-0.1, -0.05) is 38.7 Å². The Morgan fingerprint density at radius 2 is 1.84 bits per heavy atom. The number of hydrogen-bond donors (Lipinski definition) is 2. The monoisotopic (exact) mass is 260 g/mol. The van der Waals surface area contributed by atoms with Gasteiger partial charge < -0.3 is 10.6 Å². The molecule has 1 aliphatic rings. The summed E-state index contributed by atoms with van der Waals surface area (Å²) in [6, 6.07) is 8.61. The van der Waals surface area contributed by atoms with Crippen LogP contribution >= 0.6 is 0 Å². The van der Waals surface area contributed by atoms with Crippen LogP contribution in [0.5, 0.6) is 0 Å². The van der Waals surface area contributed by atoms with Crippen molar-refractivity contribution in [1.29, 1.82) is 0 Å². The van der Waals surface area contributed by atoms with E-state index in [1.165, 1.54) is 38.5 Å². The highest BCUT2D eigenvalue weighted by molar-refractivity contribution is 5.90. The maximum absolute atomic E-state index is 11.4. The molecule has 0 aliphatic heterocycles. The van der Waals surface area contributed by atoms with Gasteiger partial charge in [-0.25, -0.2) is 0 Å². The van der Waals surface area contributed by atoms with E-state index < -0.39 is 0 Å². The Morgan fingerprint density at radius 1 is 1.16 bits per heavy atom. The van der Waals surface area contributed by atoms with Crippen LogP contribution in [-0.2, 0) is 4.79 Å². The number of benzene rings is 1. The summed E-state index contributed by atoms with van der Waals surface area (Å²) in [4.78, 5) is 11.4. The lowest BCUT2D eigenvalue weighted by Crippen LogP contribution is -2.18. The van der Waals surface area contributed by atoms with E-state index in [9.17, 15) is 4.79 Å². The molecule has 0 atom stereocenters. The summed E-state index contributed by atoms with van der Waals surface area (Å²) in [6.07, 6.45) is 8.40. The van der Waals surface area contributed by atoms with Gasteiger partial charge in [-0.3, -0.25) is 4.79 Å². The Balaban J connectivity index is 1.95. The average Bonchev–Trinajstić information content (AvgIpc) is 2.67. The lowest BCUT2D eigenvalue weighted by atomic mass is 10.1. The fourth-order valence-corrected chi connectivity index (χ4v) is 2.60.